The molecule has 1 amide bonds. The van der Waals surface area contributed by atoms with Crippen LogP contribution in [0.2, 0.25) is 0 Å². The van der Waals surface area contributed by atoms with Gasteiger partial charge in [0.1, 0.15) is 11.9 Å². The Kier molecular flexibility index (Phi) is 2.91. The van der Waals surface area contributed by atoms with Crippen LogP contribution in [-0.4, -0.2) is 11.0 Å². The largest absolute Gasteiger partial charge is 0.507 e. The quantitative estimate of drug-likeness (QED) is 0.757. The van der Waals surface area contributed by atoms with Gasteiger partial charge in [-0.1, -0.05) is 18.2 Å². The van der Waals surface area contributed by atoms with Crippen LogP contribution < -0.4 is 10.6 Å². The zero-order valence-corrected chi connectivity index (χ0v) is 11.4. The molecule has 0 aromatic heterocycles. The molecule has 0 fully saturated rings. The number of rotatable bonds is 1. The van der Waals surface area contributed by atoms with Gasteiger partial charge in [-0.2, -0.15) is 0 Å². The first-order valence-corrected chi connectivity index (χ1v) is 6.59. The first-order chi connectivity index (χ1) is 9.15. The highest BCUT2D eigenvalue weighted by Crippen LogP contribution is 2.30. The molecule has 19 heavy (non-hydrogen) atoms. The van der Waals surface area contributed by atoms with Gasteiger partial charge in [0.25, 0.3) is 5.91 Å². The van der Waals surface area contributed by atoms with Crippen LogP contribution in [0.15, 0.2) is 46.9 Å². The lowest BCUT2D eigenvalue weighted by molar-refractivity contribution is 0.0935. The molecule has 1 aliphatic heterocycles. The van der Waals surface area contributed by atoms with Crippen LogP contribution in [0, 0.1) is 0 Å². The van der Waals surface area contributed by atoms with Crippen molar-refractivity contribution >= 4 is 27.5 Å². The number of carbonyl (C=O) groups excluding carboxylic acids is 1. The van der Waals surface area contributed by atoms with E-state index in [1.54, 1.807) is 24.3 Å². The van der Waals surface area contributed by atoms with Crippen LogP contribution in [0.3, 0.4) is 0 Å². The van der Waals surface area contributed by atoms with Crippen LogP contribution in [0.25, 0.3) is 0 Å². The number of para-hydroxylation sites is 1. The van der Waals surface area contributed by atoms with Crippen molar-refractivity contribution in [3.05, 3.63) is 58.1 Å². The van der Waals surface area contributed by atoms with E-state index in [9.17, 15) is 9.90 Å². The fourth-order valence-electron chi connectivity index (χ4n) is 2.08. The zero-order chi connectivity index (χ0) is 13.4. The lowest BCUT2D eigenvalue weighted by Crippen LogP contribution is -2.38. The minimum absolute atomic E-state index is 0.108. The molecule has 0 bridgehead atoms. The van der Waals surface area contributed by atoms with Gasteiger partial charge >= 0.3 is 0 Å². The number of anilines is 1. The van der Waals surface area contributed by atoms with E-state index in [-0.39, 0.29) is 17.8 Å². The number of carbonyl (C=O) groups is 1. The SMILES string of the molecule is O=C1NC(c2ccc(O)c(Br)c2)Nc2ccccc21. The second-order valence-corrected chi connectivity index (χ2v) is 5.16. The molecule has 3 rings (SSSR count). The maximum Gasteiger partial charge on any atom is 0.255 e. The molecule has 2 aromatic rings. The van der Waals surface area contributed by atoms with E-state index in [1.807, 2.05) is 18.2 Å². The van der Waals surface area contributed by atoms with Crippen molar-refractivity contribution in [1.29, 1.82) is 0 Å². The summed E-state index contributed by atoms with van der Waals surface area (Å²) in [7, 11) is 0. The molecule has 3 N–H and O–H groups in total. The smallest absolute Gasteiger partial charge is 0.255 e. The molecule has 5 heteroatoms. The number of hydrogen-bond acceptors (Lipinski definition) is 3. The van der Waals surface area contributed by atoms with Crippen molar-refractivity contribution in [2.24, 2.45) is 0 Å². The lowest BCUT2D eigenvalue weighted by Gasteiger charge is -2.28. The summed E-state index contributed by atoms with van der Waals surface area (Å²) in [4.78, 5) is 12.0. The van der Waals surface area contributed by atoms with Gasteiger partial charge in [-0.25, -0.2) is 0 Å². The Morgan fingerprint density at radius 1 is 1.11 bits per heavy atom. The molecule has 96 valence electrons. The number of aromatic hydroxyl groups is 1. The van der Waals surface area contributed by atoms with Gasteiger partial charge in [-0.05, 0) is 45.8 Å². The number of benzene rings is 2. The van der Waals surface area contributed by atoms with Gasteiger partial charge in [0.15, 0.2) is 0 Å². The van der Waals surface area contributed by atoms with Gasteiger partial charge in [0, 0.05) is 5.69 Å². The Hall–Kier alpha value is -2.01. The summed E-state index contributed by atoms with van der Waals surface area (Å²) in [5.74, 6) is 0.0647. The van der Waals surface area contributed by atoms with Crippen molar-refractivity contribution < 1.29 is 9.90 Å². The van der Waals surface area contributed by atoms with Crippen LogP contribution in [-0.2, 0) is 0 Å². The van der Waals surface area contributed by atoms with E-state index < -0.39 is 0 Å². The van der Waals surface area contributed by atoms with Crippen molar-refractivity contribution in [1.82, 2.24) is 5.32 Å². The molecule has 0 spiro atoms. The molecule has 1 aliphatic rings. The summed E-state index contributed by atoms with van der Waals surface area (Å²) in [5.41, 5.74) is 2.31. The molecule has 0 saturated carbocycles. The van der Waals surface area contributed by atoms with Crippen LogP contribution in [0.4, 0.5) is 5.69 Å². The third-order valence-electron chi connectivity index (χ3n) is 3.05. The predicted octanol–water partition coefficient (Wildman–Crippen LogP) is 3.01. The van der Waals surface area contributed by atoms with Gasteiger partial charge in [0.05, 0.1) is 10.0 Å². The Labute approximate surface area is 118 Å². The van der Waals surface area contributed by atoms with E-state index in [0.29, 0.717) is 10.0 Å². The Bertz CT molecular complexity index is 658. The van der Waals surface area contributed by atoms with Crippen molar-refractivity contribution in [2.45, 2.75) is 6.17 Å². The Morgan fingerprint density at radius 3 is 2.68 bits per heavy atom. The lowest BCUT2D eigenvalue weighted by atomic mass is 10.1. The first kappa shape index (κ1) is 12.0. The number of amides is 1. The van der Waals surface area contributed by atoms with Crippen LogP contribution >= 0.6 is 15.9 Å². The summed E-state index contributed by atoms with van der Waals surface area (Å²) in [6, 6.07) is 12.5. The highest BCUT2D eigenvalue weighted by atomic mass is 79.9. The number of halogens is 1. The summed E-state index contributed by atoms with van der Waals surface area (Å²) in [6.45, 7) is 0. The fourth-order valence-corrected chi connectivity index (χ4v) is 2.47. The van der Waals surface area contributed by atoms with Crippen LogP contribution in [0.5, 0.6) is 5.75 Å². The normalized spacial score (nSPS) is 17.3. The van der Waals surface area contributed by atoms with Gasteiger partial charge < -0.3 is 15.7 Å². The topological polar surface area (TPSA) is 61.4 Å². The molecular weight excluding hydrogens is 308 g/mol. The summed E-state index contributed by atoms with van der Waals surface area (Å²) < 4.78 is 0.597. The Balaban J connectivity index is 1.96. The van der Waals surface area contributed by atoms with Gasteiger partial charge in [-0.3, -0.25) is 4.79 Å². The summed E-state index contributed by atoms with van der Waals surface area (Å²) >= 11 is 3.27. The summed E-state index contributed by atoms with van der Waals surface area (Å²) in [5, 5.41) is 15.6. The molecule has 2 aromatic carbocycles. The molecule has 1 atom stereocenters. The molecule has 1 heterocycles. The molecule has 0 saturated heterocycles. The minimum Gasteiger partial charge on any atom is -0.507 e. The van der Waals surface area contributed by atoms with Gasteiger partial charge in [0.2, 0.25) is 0 Å². The fraction of sp³-hybridized carbons (Fsp3) is 0.0714. The maximum atomic E-state index is 12.0. The first-order valence-electron chi connectivity index (χ1n) is 5.80. The summed E-state index contributed by atoms with van der Waals surface area (Å²) in [6.07, 6.45) is -0.306. The third kappa shape index (κ3) is 2.17. The third-order valence-corrected chi connectivity index (χ3v) is 3.69. The minimum atomic E-state index is -0.306. The molecule has 0 radical (unpaired) electrons. The maximum absolute atomic E-state index is 12.0. The molecule has 4 nitrogen and oxygen atoms in total. The van der Waals surface area contributed by atoms with Gasteiger partial charge in [-0.15, -0.1) is 0 Å². The average Bonchev–Trinajstić information content (AvgIpc) is 2.42. The van der Waals surface area contributed by atoms with Crippen molar-refractivity contribution in [2.75, 3.05) is 5.32 Å². The molecule has 1 unspecified atom stereocenters. The van der Waals surface area contributed by atoms with Crippen molar-refractivity contribution in [3.8, 4) is 5.75 Å². The number of hydrogen-bond donors (Lipinski definition) is 3. The second kappa shape index (κ2) is 4.59. The van der Waals surface area contributed by atoms with E-state index in [0.717, 1.165) is 11.3 Å². The number of fused-ring (bicyclic) bond motifs is 1. The zero-order valence-electron chi connectivity index (χ0n) is 9.85. The number of nitrogens with one attached hydrogen (secondary N) is 2. The molecular formula is C14H11BrN2O2. The molecule has 0 aliphatic carbocycles. The number of phenols is 1. The van der Waals surface area contributed by atoms with E-state index in [4.69, 9.17) is 0 Å². The van der Waals surface area contributed by atoms with Crippen molar-refractivity contribution in [3.63, 3.8) is 0 Å². The second-order valence-electron chi connectivity index (χ2n) is 4.31. The van der Waals surface area contributed by atoms with Crippen LogP contribution in [0.1, 0.15) is 22.1 Å². The highest BCUT2D eigenvalue weighted by Gasteiger charge is 2.24. The number of phenolic OH excluding ortho intramolecular Hbond substituents is 1. The highest BCUT2D eigenvalue weighted by molar-refractivity contribution is 9.10. The standard InChI is InChI=1S/C14H11BrN2O2/c15-10-7-8(5-6-12(10)18)13-16-11-4-2-1-3-9(11)14(19)17-13/h1-7,13,16,18H,(H,17,19). The predicted molar refractivity (Wildman–Crippen MR) is 76.1 cm³/mol. The Morgan fingerprint density at radius 2 is 1.89 bits per heavy atom. The monoisotopic (exact) mass is 318 g/mol. The average molecular weight is 319 g/mol. The van der Waals surface area contributed by atoms with E-state index >= 15 is 0 Å². The van der Waals surface area contributed by atoms with E-state index in [2.05, 4.69) is 26.6 Å². The van der Waals surface area contributed by atoms with E-state index in [1.165, 1.54) is 0 Å².